The van der Waals surface area contributed by atoms with E-state index in [0.29, 0.717) is 6.54 Å². The molecule has 5 heteroatoms. The number of nitrogens with one attached hydrogen (secondary N) is 2. The Hall–Kier alpha value is -1.72. The van der Waals surface area contributed by atoms with E-state index in [1.54, 1.807) is 11.3 Å². The van der Waals surface area contributed by atoms with Gasteiger partial charge in [0, 0.05) is 17.5 Å². The third-order valence-corrected chi connectivity index (χ3v) is 4.62. The number of piperidine rings is 1. The third-order valence-electron chi connectivity index (χ3n) is 3.68. The maximum atomic E-state index is 12.1. The summed E-state index contributed by atoms with van der Waals surface area (Å²) in [4.78, 5) is 16.7. The number of aromatic nitrogens is 1. The number of carbonyl (C=O) groups is 1. The van der Waals surface area contributed by atoms with E-state index in [9.17, 15) is 4.79 Å². The smallest absolute Gasteiger partial charge is 0.224 e. The van der Waals surface area contributed by atoms with Gasteiger partial charge in [0.1, 0.15) is 5.01 Å². The van der Waals surface area contributed by atoms with Crippen LogP contribution in [-0.2, 0) is 11.3 Å². The van der Waals surface area contributed by atoms with Crippen molar-refractivity contribution >= 4 is 17.2 Å². The fraction of sp³-hybridized carbons (Fsp3) is 0.375. The van der Waals surface area contributed by atoms with Crippen LogP contribution in [0.15, 0.2) is 35.7 Å². The summed E-state index contributed by atoms with van der Waals surface area (Å²) in [5, 5.41) is 9.28. The number of carbonyl (C=O) groups excluding carboxylic acids is 1. The Bertz CT molecular complexity index is 591. The molecule has 1 aromatic carbocycles. The van der Waals surface area contributed by atoms with E-state index in [4.69, 9.17) is 0 Å². The Kier molecular flexibility index (Phi) is 4.62. The fourth-order valence-electron chi connectivity index (χ4n) is 2.50. The van der Waals surface area contributed by atoms with Crippen LogP contribution in [0, 0.1) is 5.92 Å². The fourth-order valence-corrected chi connectivity index (χ4v) is 3.32. The summed E-state index contributed by atoms with van der Waals surface area (Å²) in [5.74, 6) is 0.238. The molecule has 1 aromatic heterocycles. The molecule has 0 saturated carbocycles. The van der Waals surface area contributed by atoms with Gasteiger partial charge in [-0.05, 0) is 19.4 Å². The molecule has 2 heterocycles. The highest BCUT2D eigenvalue weighted by Gasteiger charge is 2.20. The van der Waals surface area contributed by atoms with Gasteiger partial charge in [-0.2, -0.15) is 0 Å². The lowest BCUT2D eigenvalue weighted by Crippen LogP contribution is -2.40. The van der Waals surface area contributed by atoms with E-state index in [0.717, 1.165) is 42.2 Å². The van der Waals surface area contributed by atoms with Crippen LogP contribution in [0.4, 0.5) is 0 Å². The number of benzene rings is 1. The topological polar surface area (TPSA) is 54.0 Å². The van der Waals surface area contributed by atoms with Crippen molar-refractivity contribution in [3.63, 3.8) is 0 Å². The van der Waals surface area contributed by atoms with Gasteiger partial charge in [-0.1, -0.05) is 30.3 Å². The van der Waals surface area contributed by atoms with Gasteiger partial charge >= 0.3 is 0 Å². The summed E-state index contributed by atoms with van der Waals surface area (Å²) in [6.45, 7) is 2.33. The molecule has 0 spiro atoms. The number of hydrogen-bond donors (Lipinski definition) is 2. The van der Waals surface area contributed by atoms with Gasteiger partial charge < -0.3 is 10.6 Å². The van der Waals surface area contributed by atoms with Crippen LogP contribution < -0.4 is 10.6 Å². The van der Waals surface area contributed by atoms with E-state index >= 15 is 0 Å². The molecule has 1 aliphatic rings. The van der Waals surface area contributed by atoms with Crippen LogP contribution in [-0.4, -0.2) is 24.0 Å². The Labute approximate surface area is 128 Å². The number of hydrogen-bond acceptors (Lipinski definition) is 4. The molecule has 1 unspecified atom stereocenters. The normalized spacial score (nSPS) is 18.4. The van der Waals surface area contributed by atoms with Gasteiger partial charge in [0.25, 0.3) is 0 Å². The van der Waals surface area contributed by atoms with Crippen molar-refractivity contribution in [1.29, 1.82) is 0 Å². The number of thiazole rings is 1. The zero-order valence-corrected chi connectivity index (χ0v) is 12.7. The van der Waals surface area contributed by atoms with Gasteiger partial charge in [0.05, 0.1) is 18.2 Å². The van der Waals surface area contributed by atoms with Crippen LogP contribution in [0.3, 0.4) is 0 Å². The molecule has 0 radical (unpaired) electrons. The largest absolute Gasteiger partial charge is 0.350 e. The zero-order valence-electron chi connectivity index (χ0n) is 11.8. The van der Waals surface area contributed by atoms with Crippen LogP contribution in [0.5, 0.6) is 0 Å². The van der Waals surface area contributed by atoms with Crippen molar-refractivity contribution < 1.29 is 4.79 Å². The van der Waals surface area contributed by atoms with Crippen molar-refractivity contribution in [2.75, 3.05) is 13.1 Å². The van der Waals surface area contributed by atoms with Gasteiger partial charge in [0.2, 0.25) is 5.91 Å². The molecule has 1 aliphatic heterocycles. The maximum absolute atomic E-state index is 12.1. The molecule has 1 atom stereocenters. The molecule has 2 N–H and O–H groups in total. The standard InChI is InChI=1S/C16H19N3OS/c20-15(13-7-4-8-17-9-13)18-10-14-11-21-16(19-14)12-5-2-1-3-6-12/h1-3,5-6,11,13,17H,4,7-10H2,(H,18,20). The van der Waals surface area contributed by atoms with Crippen LogP contribution in [0.1, 0.15) is 18.5 Å². The molecular weight excluding hydrogens is 282 g/mol. The molecule has 1 saturated heterocycles. The van der Waals surface area contributed by atoms with Gasteiger partial charge in [-0.25, -0.2) is 4.98 Å². The van der Waals surface area contributed by atoms with Crippen molar-refractivity contribution in [3.05, 3.63) is 41.4 Å². The highest BCUT2D eigenvalue weighted by molar-refractivity contribution is 7.13. The van der Waals surface area contributed by atoms with E-state index in [-0.39, 0.29) is 11.8 Å². The molecule has 110 valence electrons. The number of nitrogens with zero attached hydrogens (tertiary/aromatic N) is 1. The van der Waals surface area contributed by atoms with Crippen molar-refractivity contribution in [1.82, 2.24) is 15.6 Å². The third kappa shape index (κ3) is 3.68. The molecule has 2 aromatic rings. The van der Waals surface area contributed by atoms with E-state index in [1.165, 1.54) is 0 Å². The summed E-state index contributed by atoms with van der Waals surface area (Å²) in [7, 11) is 0. The molecule has 0 aliphatic carbocycles. The predicted octanol–water partition coefficient (Wildman–Crippen LogP) is 2.43. The lowest BCUT2D eigenvalue weighted by atomic mass is 9.99. The van der Waals surface area contributed by atoms with Crippen LogP contribution >= 0.6 is 11.3 Å². The quantitative estimate of drug-likeness (QED) is 0.912. The van der Waals surface area contributed by atoms with Gasteiger partial charge in [0.15, 0.2) is 0 Å². The minimum Gasteiger partial charge on any atom is -0.350 e. The summed E-state index contributed by atoms with van der Waals surface area (Å²) in [6, 6.07) is 10.1. The second kappa shape index (κ2) is 6.83. The highest BCUT2D eigenvalue weighted by Crippen LogP contribution is 2.23. The first kappa shape index (κ1) is 14.2. The summed E-state index contributed by atoms with van der Waals surface area (Å²) in [5.41, 5.74) is 2.05. The van der Waals surface area contributed by atoms with Crippen LogP contribution in [0.2, 0.25) is 0 Å². The first-order valence-electron chi connectivity index (χ1n) is 7.31. The number of rotatable bonds is 4. The van der Waals surface area contributed by atoms with E-state index in [2.05, 4.69) is 27.8 Å². The second-order valence-corrected chi connectivity index (χ2v) is 6.13. The van der Waals surface area contributed by atoms with Crippen LogP contribution in [0.25, 0.3) is 10.6 Å². The number of amides is 1. The Morgan fingerprint density at radius 3 is 3.00 bits per heavy atom. The summed E-state index contributed by atoms with van der Waals surface area (Å²) < 4.78 is 0. The Morgan fingerprint density at radius 1 is 1.38 bits per heavy atom. The van der Waals surface area contributed by atoms with Gasteiger partial charge in [-0.15, -0.1) is 11.3 Å². The molecule has 1 fully saturated rings. The second-order valence-electron chi connectivity index (χ2n) is 5.27. The average Bonchev–Trinajstić information content (AvgIpc) is 3.03. The molecule has 3 rings (SSSR count). The highest BCUT2D eigenvalue weighted by atomic mass is 32.1. The monoisotopic (exact) mass is 301 g/mol. The minimum absolute atomic E-state index is 0.103. The van der Waals surface area contributed by atoms with Crippen molar-refractivity contribution in [3.8, 4) is 10.6 Å². The molecule has 4 nitrogen and oxygen atoms in total. The first-order valence-corrected chi connectivity index (χ1v) is 8.19. The van der Waals surface area contributed by atoms with Crippen molar-refractivity contribution in [2.24, 2.45) is 5.92 Å². The SMILES string of the molecule is O=C(NCc1csc(-c2ccccc2)n1)C1CCCNC1. The summed E-state index contributed by atoms with van der Waals surface area (Å²) >= 11 is 1.62. The zero-order chi connectivity index (χ0) is 14.5. The molecule has 0 bridgehead atoms. The van der Waals surface area contributed by atoms with E-state index < -0.39 is 0 Å². The molecule has 1 amide bonds. The predicted molar refractivity (Wildman–Crippen MR) is 85.0 cm³/mol. The minimum atomic E-state index is 0.103. The average molecular weight is 301 g/mol. The molecule has 21 heavy (non-hydrogen) atoms. The summed E-state index contributed by atoms with van der Waals surface area (Å²) in [6.07, 6.45) is 2.05. The Balaban J connectivity index is 1.56. The van der Waals surface area contributed by atoms with Gasteiger partial charge in [-0.3, -0.25) is 4.79 Å². The maximum Gasteiger partial charge on any atom is 0.224 e. The molecular formula is C16H19N3OS. The lowest BCUT2D eigenvalue weighted by Gasteiger charge is -2.21. The van der Waals surface area contributed by atoms with E-state index in [1.807, 2.05) is 23.6 Å². The first-order chi connectivity index (χ1) is 10.3. The van der Waals surface area contributed by atoms with Crippen molar-refractivity contribution in [2.45, 2.75) is 19.4 Å². The lowest BCUT2D eigenvalue weighted by molar-refractivity contribution is -0.125. The Morgan fingerprint density at radius 2 is 2.24 bits per heavy atom.